The molecule has 1 saturated heterocycles. The molecule has 14 heavy (non-hydrogen) atoms. The van der Waals surface area contributed by atoms with E-state index in [1.807, 2.05) is 0 Å². The fraction of sp³-hybridized carbons (Fsp3) is 0.538. The highest BCUT2D eigenvalue weighted by Crippen LogP contribution is 2.62. The summed E-state index contributed by atoms with van der Waals surface area (Å²) in [6, 6.07) is 11.3. The molecule has 1 aliphatic heterocycles. The van der Waals surface area contributed by atoms with E-state index in [2.05, 4.69) is 37.3 Å². The van der Waals surface area contributed by atoms with E-state index >= 15 is 0 Å². The molecule has 1 aromatic carbocycles. The first-order valence-electron chi connectivity index (χ1n) is 5.79. The summed E-state index contributed by atoms with van der Waals surface area (Å²) < 4.78 is 0. The van der Waals surface area contributed by atoms with Gasteiger partial charge in [0, 0.05) is 7.26 Å². The summed E-state index contributed by atoms with van der Waals surface area (Å²) in [7, 11) is -0.699. The molecule has 0 bridgehead atoms. The SMILES string of the molecule is CCC[P+]1(c2ccccc2)CCCC1. The van der Waals surface area contributed by atoms with Crippen molar-refractivity contribution in [2.75, 3.05) is 18.5 Å². The van der Waals surface area contributed by atoms with Crippen LogP contribution in [0.15, 0.2) is 30.3 Å². The molecule has 1 heteroatoms. The lowest BCUT2D eigenvalue weighted by Gasteiger charge is -2.21. The van der Waals surface area contributed by atoms with E-state index in [-0.39, 0.29) is 0 Å². The van der Waals surface area contributed by atoms with Crippen molar-refractivity contribution >= 4 is 12.6 Å². The second-order valence-electron chi connectivity index (χ2n) is 4.36. The highest BCUT2D eigenvalue weighted by Gasteiger charge is 2.41. The van der Waals surface area contributed by atoms with Crippen LogP contribution >= 0.6 is 7.26 Å². The van der Waals surface area contributed by atoms with E-state index < -0.39 is 7.26 Å². The van der Waals surface area contributed by atoms with Gasteiger partial charge < -0.3 is 0 Å². The Labute approximate surface area is 88.1 Å². The van der Waals surface area contributed by atoms with Crippen molar-refractivity contribution in [1.29, 1.82) is 0 Å². The van der Waals surface area contributed by atoms with Gasteiger partial charge in [-0.05, 0) is 31.4 Å². The monoisotopic (exact) mass is 207 g/mol. The first kappa shape index (κ1) is 10.2. The first-order chi connectivity index (χ1) is 6.87. The molecule has 0 unspecified atom stereocenters. The normalized spacial score (nSPS) is 19.8. The molecular weight excluding hydrogens is 187 g/mol. The summed E-state index contributed by atoms with van der Waals surface area (Å²) in [6.45, 7) is 2.34. The standard InChI is InChI=1S/C13H20P/c1-2-10-14(11-6-7-12-14)13-8-4-3-5-9-13/h3-5,8-9H,2,6-7,10-12H2,1H3/q+1. The maximum atomic E-state index is 2.37. The van der Waals surface area contributed by atoms with Gasteiger partial charge in [0.15, 0.2) is 0 Å². The Morgan fingerprint density at radius 3 is 2.29 bits per heavy atom. The second-order valence-corrected chi connectivity index (χ2v) is 8.51. The van der Waals surface area contributed by atoms with Crippen molar-refractivity contribution in [1.82, 2.24) is 0 Å². The average Bonchev–Trinajstić information content (AvgIpc) is 2.70. The third kappa shape index (κ3) is 1.86. The van der Waals surface area contributed by atoms with Gasteiger partial charge in [0.05, 0.1) is 23.8 Å². The van der Waals surface area contributed by atoms with Crippen molar-refractivity contribution in [2.45, 2.75) is 26.2 Å². The van der Waals surface area contributed by atoms with Gasteiger partial charge in [-0.15, -0.1) is 0 Å². The van der Waals surface area contributed by atoms with Gasteiger partial charge in [0.2, 0.25) is 0 Å². The molecule has 0 aromatic heterocycles. The van der Waals surface area contributed by atoms with Gasteiger partial charge in [-0.3, -0.25) is 0 Å². The molecule has 1 heterocycles. The largest absolute Gasteiger partial charge is 0.0939 e. The minimum absolute atomic E-state index is 0.699. The van der Waals surface area contributed by atoms with Crippen LogP contribution in [0.25, 0.3) is 0 Å². The lowest BCUT2D eigenvalue weighted by atomic mass is 10.4. The molecule has 0 saturated carbocycles. The Morgan fingerprint density at radius 1 is 1.07 bits per heavy atom. The van der Waals surface area contributed by atoms with Crippen LogP contribution in [0.4, 0.5) is 0 Å². The Hall–Kier alpha value is -0.350. The highest BCUT2D eigenvalue weighted by molar-refractivity contribution is 7.83. The molecule has 0 spiro atoms. The summed E-state index contributed by atoms with van der Waals surface area (Å²) in [4.78, 5) is 0. The van der Waals surface area contributed by atoms with Crippen molar-refractivity contribution in [3.8, 4) is 0 Å². The molecular formula is C13H20P+. The van der Waals surface area contributed by atoms with Crippen molar-refractivity contribution in [2.24, 2.45) is 0 Å². The van der Waals surface area contributed by atoms with E-state index in [1.54, 1.807) is 5.30 Å². The highest BCUT2D eigenvalue weighted by atomic mass is 31.2. The number of hydrogen-bond donors (Lipinski definition) is 0. The van der Waals surface area contributed by atoms with Gasteiger partial charge >= 0.3 is 0 Å². The Morgan fingerprint density at radius 2 is 1.71 bits per heavy atom. The molecule has 0 atom stereocenters. The van der Waals surface area contributed by atoms with Gasteiger partial charge in [0.1, 0.15) is 0 Å². The number of rotatable bonds is 3. The lowest BCUT2D eigenvalue weighted by Crippen LogP contribution is -2.15. The van der Waals surface area contributed by atoms with Gasteiger partial charge in [-0.1, -0.05) is 25.1 Å². The van der Waals surface area contributed by atoms with E-state index in [4.69, 9.17) is 0 Å². The molecule has 1 aromatic rings. The van der Waals surface area contributed by atoms with Gasteiger partial charge in [-0.2, -0.15) is 0 Å². The summed E-state index contributed by atoms with van der Waals surface area (Å²) in [6.07, 6.45) is 8.83. The number of hydrogen-bond acceptors (Lipinski definition) is 0. The van der Waals surface area contributed by atoms with Crippen LogP contribution in [0.3, 0.4) is 0 Å². The predicted octanol–water partition coefficient (Wildman–Crippen LogP) is 3.53. The third-order valence-corrected chi connectivity index (χ3v) is 8.42. The molecule has 0 aliphatic carbocycles. The third-order valence-electron chi connectivity index (χ3n) is 3.38. The zero-order chi connectivity index (χ0) is 9.86. The maximum Gasteiger partial charge on any atom is 0.0939 e. The van der Waals surface area contributed by atoms with Crippen LogP contribution in [0, 0.1) is 0 Å². The maximum absolute atomic E-state index is 2.37. The molecule has 0 N–H and O–H groups in total. The molecule has 0 radical (unpaired) electrons. The summed E-state index contributed by atoms with van der Waals surface area (Å²) >= 11 is 0. The predicted molar refractivity (Wildman–Crippen MR) is 67.1 cm³/mol. The van der Waals surface area contributed by atoms with Crippen LogP contribution in [-0.2, 0) is 0 Å². The fourth-order valence-electron chi connectivity index (χ4n) is 2.72. The summed E-state index contributed by atoms with van der Waals surface area (Å²) in [5.41, 5.74) is 0. The van der Waals surface area contributed by atoms with E-state index in [0.717, 1.165) is 0 Å². The van der Waals surface area contributed by atoms with Crippen LogP contribution in [0.2, 0.25) is 0 Å². The van der Waals surface area contributed by atoms with Crippen molar-refractivity contribution in [3.63, 3.8) is 0 Å². The van der Waals surface area contributed by atoms with E-state index in [0.29, 0.717) is 0 Å². The summed E-state index contributed by atoms with van der Waals surface area (Å²) in [5, 5.41) is 1.69. The van der Waals surface area contributed by atoms with Gasteiger partial charge in [0.25, 0.3) is 0 Å². The first-order valence-corrected chi connectivity index (χ1v) is 8.13. The molecule has 2 rings (SSSR count). The lowest BCUT2D eigenvalue weighted by molar-refractivity contribution is 0.949. The Kier molecular flexibility index (Phi) is 3.23. The molecule has 1 fully saturated rings. The van der Waals surface area contributed by atoms with E-state index in [1.165, 1.54) is 37.7 Å². The Bertz CT molecular complexity index is 273. The Balaban J connectivity index is 2.27. The molecule has 76 valence electrons. The van der Waals surface area contributed by atoms with Crippen LogP contribution < -0.4 is 5.30 Å². The van der Waals surface area contributed by atoms with Crippen LogP contribution in [0.5, 0.6) is 0 Å². The van der Waals surface area contributed by atoms with Crippen LogP contribution in [0.1, 0.15) is 26.2 Å². The molecule has 0 nitrogen and oxygen atoms in total. The second kappa shape index (κ2) is 4.45. The average molecular weight is 207 g/mol. The quantitative estimate of drug-likeness (QED) is 0.665. The smallest absolute Gasteiger partial charge is 0.0620 e. The van der Waals surface area contributed by atoms with E-state index in [9.17, 15) is 0 Å². The topological polar surface area (TPSA) is 0 Å². The fourth-order valence-corrected chi connectivity index (χ4v) is 7.49. The zero-order valence-corrected chi connectivity index (χ0v) is 9.97. The minimum Gasteiger partial charge on any atom is -0.0620 e. The number of benzene rings is 1. The molecule has 1 aliphatic rings. The van der Waals surface area contributed by atoms with Gasteiger partial charge in [-0.25, -0.2) is 0 Å². The zero-order valence-electron chi connectivity index (χ0n) is 9.08. The van der Waals surface area contributed by atoms with Crippen LogP contribution in [-0.4, -0.2) is 18.5 Å². The van der Waals surface area contributed by atoms with Crippen molar-refractivity contribution in [3.05, 3.63) is 30.3 Å². The minimum atomic E-state index is -0.699. The molecule has 0 amide bonds. The summed E-state index contributed by atoms with van der Waals surface area (Å²) in [5.74, 6) is 0. The van der Waals surface area contributed by atoms with Crippen molar-refractivity contribution < 1.29 is 0 Å².